The number of halogens is 1. The van der Waals surface area contributed by atoms with E-state index in [0.717, 1.165) is 10.9 Å². The summed E-state index contributed by atoms with van der Waals surface area (Å²) in [4.78, 5) is 13.4. The number of fused-ring (bicyclic) bond motifs is 1. The number of H-pyrrole nitrogens is 1. The van der Waals surface area contributed by atoms with Gasteiger partial charge < -0.3 is 9.72 Å². The topological polar surface area (TPSA) is 42.1 Å². The third-order valence-corrected chi connectivity index (χ3v) is 1.82. The van der Waals surface area contributed by atoms with Crippen LogP contribution in [-0.4, -0.2) is 10.4 Å². The summed E-state index contributed by atoms with van der Waals surface area (Å²) in [5, 5.41) is 0.844. The molecular formula is C9H6ClNO2. The number of nitrogens with one attached hydrogen (secondary N) is 1. The van der Waals surface area contributed by atoms with Gasteiger partial charge in [0.15, 0.2) is 5.75 Å². The Hall–Kier alpha value is -1.48. The molecular weight excluding hydrogens is 190 g/mol. The molecule has 0 spiro atoms. The summed E-state index contributed by atoms with van der Waals surface area (Å²) >= 11 is 5.09. The number of hydrogen-bond acceptors (Lipinski definition) is 2. The Morgan fingerprint density at radius 1 is 1.38 bits per heavy atom. The molecule has 0 aliphatic heterocycles. The van der Waals surface area contributed by atoms with Gasteiger partial charge in [-0.3, -0.25) is 0 Å². The van der Waals surface area contributed by atoms with Crippen molar-refractivity contribution < 1.29 is 9.53 Å². The van der Waals surface area contributed by atoms with E-state index in [1.165, 1.54) is 0 Å². The van der Waals surface area contributed by atoms with Crippen LogP contribution in [0, 0.1) is 0 Å². The summed E-state index contributed by atoms with van der Waals surface area (Å²) in [6.45, 7) is 0. The largest absolute Gasteiger partial charge is 0.412 e. The Morgan fingerprint density at radius 3 is 2.92 bits per heavy atom. The van der Waals surface area contributed by atoms with Crippen LogP contribution in [-0.2, 0) is 0 Å². The van der Waals surface area contributed by atoms with E-state index in [1.54, 1.807) is 6.20 Å². The normalized spacial score (nSPS) is 10.2. The number of benzene rings is 1. The van der Waals surface area contributed by atoms with Crippen LogP contribution in [0.15, 0.2) is 30.5 Å². The van der Waals surface area contributed by atoms with Crippen molar-refractivity contribution in [1.82, 2.24) is 4.98 Å². The molecule has 0 fully saturated rings. The maximum absolute atomic E-state index is 10.5. The van der Waals surface area contributed by atoms with Crippen LogP contribution in [0.2, 0.25) is 0 Å². The van der Waals surface area contributed by atoms with Crippen LogP contribution in [0.5, 0.6) is 5.75 Å². The molecule has 1 N–H and O–H groups in total. The predicted molar refractivity (Wildman–Crippen MR) is 50.2 cm³/mol. The lowest BCUT2D eigenvalue weighted by Gasteiger charge is -1.95. The SMILES string of the molecule is O=C(Cl)Oc1c[nH]c2ccccc12. The molecule has 1 heterocycles. The number of aromatic amines is 1. The van der Waals surface area contributed by atoms with E-state index in [-0.39, 0.29) is 0 Å². The van der Waals surface area contributed by atoms with Gasteiger partial charge in [0.1, 0.15) is 0 Å². The standard InChI is InChI=1S/C9H6ClNO2/c10-9(12)13-8-5-11-7-4-2-1-3-6(7)8/h1-5,11H. The van der Waals surface area contributed by atoms with Gasteiger partial charge in [-0.15, -0.1) is 0 Å². The van der Waals surface area contributed by atoms with Gasteiger partial charge in [-0.2, -0.15) is 0 Å². The molecule has 1 aromatic carbocycles. The number of hydrogen-bond donors (Lipinski definition) is 1. The fraction of sp³-hybridized carbons (Fsp3) is 0. The van der Waals surface area contributed by atoms with Crippen molar-refractivity contribution in [2.75, 3.05) is 0 Å². The first-order valence-corrected chi connectivity index (χ1v) is 4.08. The zero-order valence-corrected chi connectivity index (χ0v) is 7.34. The maximum atomic E-state index is 10.5. The summed E-state index contributed by atoms with van der Waals surface area (Å²) in [5.41, 5.74) is 0.0835. The fourth-order valence-electron chi connectivity index (χ4n) is 1.22. The number of carbonyl (C=O) groups excluding carboxylic acids is 1. The second kappa shape index (κ2) is 3.11. The minimum atomic E-state index is -0.829. The first-order chi connectivity index (χ1) is 6.27. The van der Waals surface area contributed by atoms with Crippen LogP contribution in [0.3, 0.4) is 0 Å². The zero-order valence-electron chi connectivity index (χ0n) is 6.58. The highest BCUT2D eigenvalue weighted by atomic mass is 35.5. The summed E-state index contributed by atoms with van der Waals surface area (Å²) in [6, 6.07) is 7.49. The average molecular weight is 196 g/mol. The molecule has 0 saturated carbocycles. The Kier molecular flexibility index (Phi) is 1.94. The van der Waals surface area contributed by atoms with Gasteiger partial charge in [0, 0.05) is 28.7 Å². The molecule has 0 saturated heterocycles. The first kappa shape index (κ1) is 8.13. The van der Waals surface area contributed by atoms with Crippen molar-refractivity contribution in [2.45, 2.75) is 0 Å². The number of para-hydroxylation sites is 1. The van der Waals surface area contributed by atoms with E-state index in [9.17, 15) is 4.79 Å². The molecule has 0 amide bonds. The van der Waals surface area contributed by atoms with Crippen LogP contribution >= 0.6 is 11.6 Å². The van der Waals surface area contributed by atoms with Crippen molar-refractivity contribution in [1.29, 1.82) is 0 Å². The van der Waals surface area contributed by atoms with Crippen LogP contribution in [0.25, 0.3) is 10.9 Å². The Labute approximate surface area is 79.3 Å². The van der Waals surface area contributed by atoms with Gasteiger partial charge in [-0.1, -0.05) is 12.1 Å². The molecule has 0 radical (unpaired) electrons. The number of ether oxygens (including phenoxy) is 1. The zero-order chi connectivity index (χ0) is 9.26. The first-order valence-electron chi connectivity index (χ1n) is 3.71. The van der Waals surface area contributed by atoms with E-state index in [1.807, 2.05) is 24.3 Å². The van der Waals surface area contributed by atoms with E-state index < -0.39 is 5.43 Å². The summed E-state index contributed by atoms with van der Waals surface area (Å²) < 4.78 is 4.76. The van der Waals surface area contributed by atoms with Crippen molar-refractivity contribution in [2.24, 2.45) is 0 Å². The smallest absolute Gasteiger partial charge is 0.409 e. The molecule has 0 aliphatic rings. The molecule has 0 unspecified atom stereocenters. The van der Waals surface area contributed by atoms with Gasteiger partial charge in [0.2, 0.25) is 0 Å². The molecule has 2 aromatic rings. The highest BCUT2D eigenvalue weighted by Gasteiger charge is 2.06. The minimum Gasteiger partial charge on any atom is -0.412 e. The molecule has 0 atom stereocenters. The quantitative estimate of drug-likeness (QED) is 0.711. The monoisotopic (exact) mass is 195 g/mol. The molecule has 66 valence electrons. The van der Waals surface area contributed by atoms with Gasteiger partial charge in [-0.25, -0.2) is 4.79 Å². The van der Waals surface area contributed by atoms with Crippen LogP contribution in [0.4, 0.5) is 4.79 Å². The van der Waals surface area contributed by atoms with Crippen molar-refractivity contribution in [3.63, 3.8) is 0 Å². The predicted octanol–water partition coefficient (Wildman–Crippen LogP) is 2.91. The average Bonchev–Trinajstić information content (AvgIpc) is 2.48. The second-order valence-corrected chi connectivity index (χ2v) is 2.85. The summed E-state index contributed by atoms with van der Waals surface area (Å²) in [6.07, 6.45) is 1.60. The van der Waals surface area contributed by atoms with E-state index in [2.05, 4.69) is 4.98 Å². The number of carbonyl (C=O) groups is 1. The highest BCUT2D eigenvalue weighted by molar-refractivity contribution is 6.61. The molecule has 0 aliphatic carbocycles. The van der Waals surface area contributed by atoms with E-state index in [4.69, 9.17) is 16.3 Å². The van der Waals surface area contributed by atoms with Gasteiger partial charge in [0.25, 0.3) is 0 Å². The molecule has 1 aromatic heterocycles. The summed E-state index contributed by atoms with van der Waals surface area (Å²) in [7, 11) is 0. The Balaban J connectivity index is 2.51. The Morgan fingerprint density at radius 2 is 2.15 bits per heavy atom. The van der Waals surface area contributed by atoms with Crippen LogP contribution in [0.1, 0.15) is 0 Å². The van der Waals surface area contributed by atoms with Gasteiger partial charge >= 0.3 is 5.43 Å². The van der Waals surface area contributed by atoms with Crippen molar-refractivity contribution in [3.8, 4) is 5.75 Å². The van der Waals surface area contributed by atoms with Crippen LogP contribution < -0.4 is 4.74 Å². The molecule has 13 heavy (non-hydrogen) atoms. The van der Waals surface area contributed by atoms with Gasteiger partial charge in [0.05, 0.1) is 0 Å². The lowest BCUT2D eigenvalue weighted by atomic mass is 10.2. The molecule has 0 bridgehead atoms. The fourth-order valence-corrected chi connectivity index (χ4v) is 1.30. The Bertz CT molecular complexity index is 450. The van der Waals surface area contributed by atoms with Gasteiger partial charge in [-0.05, 0) is 12.1 Å². The lowest BCUT2D eigenvalue weighted by molar-refractivity contribution is 0.226. The third-order valence-electron chi connectivity index (χ3n) is 1.74. The molecule has 2 rings (SSSR count). The lowest BCUT2D eigenvalue weighted by Crippen LogP contribution is -1.94. The third kappa shape index (κ3) is 1.51. The van der Waals surface area contributed by atoms with E-state index >= 15 is 0 Å². The molecule has 3 nitrogen and oxygen atoms in total. The number of rotatable bonds is 1. The van der Waals surface area contributed by atoms with E-state index in [0.29, 0.717) is 5.75 Å². The highest BCUT2D eigenvalue weighted by Crippen LogP contribution is 2.25. The van der Waals surface area contributed by atoms with Crippen molar-refractivity contribution >= 4 is 27.9 Å². The second-order valence-electron chi connectivity index (χ2n) is 2.54. The maximum Gasteiger partial charge on any atom is 0.409 e. The summed E-state index contributed by atoms with van der Waals surface area (Å²) in [5.74, 6) is 0.454. The minimum absolute atomic E-state index is 0.454. The molecule has 4 heteroatoms. The van der Waals surface area contributed by atoms with Crippen molar-refractivity contribution in [3.05, 3.63) is 30.5 Å². The number of aromatic nitrogens is 1.